The maximum atomic E-state index is 3.65. The van der Waals surface area contributed by atoms with E-state index in [4.69, 9.17) is 0 Å². The number of hydrogen-bond acceptors (Lipinski definition) is 0. The molecule has 2 aliphatic rings. The maximum Gasteiger partial charge on any atom is 4.00 e. The summed E-state index contributed by atoms with van der Waals surface area (Å²) in [6, 6.07) is 66.1. The topological polar surface area (TPSA) is 8.81 Å². The van der Waals surface area contributed by atoms with E-state index in [0.717, 1.165) is 22.4 Å². The van der Waals surface area contributed by atoms with Crippen molar-refractivity contribution in [1.29, 1.82) is 0 Å². The molecule has 48 heavy (non-hydrogen) atoms. The Morgan fingerprint density at radius 1 is 0.521 bits per heavy atom. The first-order chi connectivity index (χ1) is 23.2. The van der Waals surface area contributed by atoms with Crippen molar-refractivity contribution in [3.05, 3.63) is 188 Å². The van der Waals surface area contributed by atoms with Gasteiger partial charge in [0.1, 0.15) is 8.07 Å². The minimum atomic E-state index is -2.26. The van der Waals surface area contributed by atoms with Gasteiger partial charge in [0.2, 0.25) is 0 Å². The van der Waals surface area contributed by atoms with E-state index >= 15 is 0 Å². The second-order valence-electron chi connectivity index (χ2n) is 12.1. The van der Waals surface area contributed by atoms with Crippen LogP contribution in [0.5, 0.6) is 0 Å². The molecule has 8 aromatic rings. The Labute approximate surface area is 296 Å². The smallest absolute Gasteiger partial charge is 0.315 e. The molecule has 2 aliphatic heterocycles. The van der Waals surface area contributed by atoms with Gasteiger partial charge in [0.05, 0.1) is 16.7 Å². The second-order valence-corrected chi connectivity index (χ2v) is 15.7. The van der Waals surface area contributed by atoms with Crippen molar-refractivity contribution < 1.29 is 25.6 Å². The zero-order valence-electron chi connectivity index (χ0n) is 26.2. The molecule has 10 rings (SSSR count). The first-order valence-corrected chi connectivity index (χ1v) is 18.0. The average Bonchev–Trinajstić information content (AvgIpc) is 3.78. The van der Waals surface area contributed by atoms with Crippen molar-refractivity contribution in [3.8, 4) is 33.6 Å². The van der Waals surface area contributed by atoms with Gasteiger partial charge >= 0.3 is 21.1 Å². The Morgan fingerprint density at radius 3 is 1.69 bits per heavy atom. The number of nitrogens with zero attached hydrogens (tertiary/aromatic N) is 2. The van der Waals surface area contributed by atoms with Gasteiger partial charge in [-0.1, -0.05) is 112 Å². The van der Waals surface area contributed by atoms with Crippen LogP contribution in [0.3, 0.4) is 0 Å². The van der Waals surface area contributed by atoms with E-state index in [2.05, 4.69) is 174 Å². The van der Waals surface area contributed by atoms with Crippen molar-refractivity contribution in [2.45, 2.75) is 6.92 Å². The molecule has 0 bridgehead atoms. The molecule has 0 unspecified atom stereocenters. The minimum Gasteiger partial charge on any atom is -0.315 e. The van der Waals surface area contributed by atoms with Crippen LogP contribution in [0.4, 0.5) is 0 Å². The van der Waals surface area contributed by atoms with E-state index in [0.29, 0.717) is 0 Å². The third-order valence-corrected chi connectivity index (χ3v) is 14.3. The van der Waals surface area contributed by atoms with Crippen molar-refractivity contribution in [1.82, 2.24) is 4.57 Å². The van der Waals surface area contributed by atoms with Crippen LogP contribution in [0.25, 0.3) is 44.7 Å². The standard InChI is InChI=1S/C24H14Si.C20H15N2.Pt/c1-5-13-21-17(9-1)18-10-2-6-14-22(18)25(21)23-15-7-3-11-19(23)20-12-4-8-16-24(20)25;1-16-11-13-18(14-12-16)22-15-21(17-7-3-2-4-8-17)19-9-5-6-10-20(19)22;/h1-13,15H;2-7,9-14H,1H3;/q-2;-1;+4. The van der Waals surface area contributed by atoms with E-state index in [-0.39, 0.29) is 21.1 Å². The predicted octanol–water partition coefficient (Wildman–Crippen LogP) is 6.44. The zero-order valence-corrected chi connectivity index (χ0v) is 29.5. The largest absolute Gasteiger partial charge is 4.00 e. The molecule has 228 valence electrons. The molecule has 0 fully saturated rings. The van der Waals surface area contributed by atoms with Gasteiger partial charge in [-0.2, -0.15) is 89.2 Å². The number of hydrogen-bond donors (Lipinski definition) is 0. The Balaban J connectivity index is 0.000000138. The Morgan fingerprint density at radius 2 is 1.06 bits per heavy atom. The average molecular weight is 809 g/mol. The third kappa shape index (κ3) is 4.53. The number of fused-ring (bicyclic) bond motifs is 11. The van der Waals surface area contributed by atoms with Gasteiger partial charge in [-0.3, -0.25) is 4.57 Å². The normalized spacial score (nSPS) is 12.7. The van der Waals surface area contributed by atoms with Crippen LogP contribution < -0.4 is 25.3 Å². The van der Waals surface area contributed by atoms with Gasteiger partial charge < -0.3 is 4.57 Å². The molecule has 0 aliphatic carbocycles. The SMILES string of the molecule is Cc1ccc(-[n+]2[c-]n(-c3[c-]cccc3)c3ccccc32)cc1.[Pt+4].[c-]1cccc2c1[Si]1(c3[c-]cccc3-c3ccccc31)c1ccccc1-2. The molecule has 0 radical (unpaired) electrons. The van der Waals surface area contributed by atoms with Gasteiger partial charge in [0, 0.05) is 0 Å². The summed E-state index contributed by atoms with van der Waals surface area (Å²) in [6.45, 7) is 2.10. The minimum absolute atomic E-state index is 0. The van der Waals surface area contributed by atoms with E-state index in [9.17, 15) is 0 Å². The van der Waals surface area contributed by atoms with Gasteiger partial charge in [-0.25, -0.2) is 0 Å². The number of para-hydroxylation sites is 3. The molecular weight excluding hydrogens is 780 g/mol. The summed E-state index contributed by atoms with van der Waals surface area (Å²) in [5.41, 5.74) is 11.1. The molecule has 0 saturated carbocycles. The Kier molecular flexibility index (Phi) is 7.68. The fourth-order valence-electron chi connectivity index (χ4n) is 7.49. The van der Waals surface area contributed by atoms with Crippen LogP contribution in [-0.2, 0) is 21.1 Å². The van der Waals surface area contributed by atoms with Crippen LogP contribution >= 0.6 is 0 Å². The van der Waals surface area contributed by atoms with Crippen molar-refractivity contribution in [2.24, 2.45) is 0 Å². The summed E-state index contributed by atoms with van der Waals surface area (Å²) < 4.78 is 4.14. The Bertz CT molecular complexity index is 2240. The van der Waals surface area contributed by atoms with Crippen LogP contribution in [-0.4, -0.2) is 12.6 Å². The molecule has 4 heteroatoms. The first kappa shape index (κ1) is 30.3. The molecule has 2 nitrogen and oxygen atoms in total. The van der Waals surface area contributed by atoms with Gasteiger partial charge in [0.15, 0.2) is 0 Å². The second kappa shape index (κ2) is 12.2. The van der Waals surface area contributed by atoms with E-state index < -0.39 is 8.07 Å². The van der Waals surface area contributed by atoms with Crippen molar-refractivity contribution >= 4 is 39.9 Å². The molecule has 0 atom stereocenters. The number of rotatable bonds is 2. The van der Waals surface area contributed by atoms with Crippen LogP contribution in [0, 0.1) is 31.5 Å². The summed E-state index contributed by atoms with van der Waals surface area (Å²) in [6.07, 6.45) is 3.44. The van der Waals surface area contributed by atoms with Crippen LogP contribution in [0.1, 0.15) is 5.56 Å². The molecule has 0 N–H and O–H groups in total. The summed E-state index contributed by atoms with van der Waals surface area (Å²) >= 11 is 0. The fourth-order valence-corrected chi connectivity index (χ4v) is 12.9. The van der Waals surface area contributed by atoms with Gasteiger partial charge in [-0.05, 0) is 24.7 Å². The molecule has 1 aromatic heterocycles. The number of imidazole rings is 1. The van der Waals surface area contributed by atoms with E-state index in [1.807, 2.05) is 24.3 Å². The molecule has 3 heterocycles. The summed E-state index contributed by atoms with van der Waals surface area (Å²) in [5.74, 6) is 0. The summed E-state index contributed by atoms with van der Waals surface area (Å²) in [7, 11) is -2.26. The number of aryl methyl sites for hydroxylation is 1. The van der Waals surface area contributed by atoms with Crippen molar-refractivity contribution in [3.63, 3.8) is 0 Å². The predicted molar refractivity (Wildman–Crippen MR) is 193 cm³/mol. The monoisotopic (exact) mass is 808 g/mol. The third-order valence-electron chi connectivity index (χ3n) is 9.49. The molecule has 1 spiro atoms. The zero-order chi connectivity index (χ0) is 31.4. The van der Waals surface area contributed by atoms with Crippen LogP contribution in [0.2, 0.25) is 0 Å². The molecular formula is C44H29N2PtSi+. The molecule has 0 saturated heterocycles. The Hall–Kier alpha value is -5.08. The first-order valence-electron chi connectivity index (χ1n) is 16.0. The summed E-state index contributed by atoms with van der Waals surface area (Å²) in [4.78, 5) is 0. The number of benzene rings is 7. The quantitative estimate of drug-likeness (QED) is 0.108. The van der Waals surface area contributed by atoms with Crippen LogP contribution in [0.15, 0.2) is 158 Å². The van der Waals surface area contributed by atoms with E-state index in [1.54, 1.807) is 0 Å². The molecule has 0 amide bonds. The van der Waals surface area contributed by atoms with Gasteiger partial charge in [0.25, 0.3) is 6.33 Å². The van der Waals surface area contributed by atoms with Crippen molar-refractivity contribution in [2.75, 3.05) is 0 Å². The molecule has 7 aromatic carbocycles. The number of aromatic nitrogens is 2. The summed E-state index contributed by atoms with van der Waals surface area (Å²) in [5, 5.41) is 5.76. The fraction of sp³-hybridized carbons (Fsp3) is 0.0227. The maximum absolute atomic E-state index is 3.65. The van der Waals surface area contributed by atoms with E-state index in [1.165, 1.54) is 48.6 Å². The van der Waals surface area contributed by atoms with Gasteiger partial charge in [-0.15, -0.1) is 11.1 Å².